The van der Waals surface area contributed by atoms with Crippen LogP contribution < -0.4 is 0 Å². The fourth-order valence-corrected chi connectivity index (χ4v) is 0.373. The molecular formula is C6H5F7O2. The number of halogens is 7. The average molecular weight is 242 g/mol. The smallest absolute Gasteiger partial charge is 0.227 e. The van der Waals surface area contributed by atoms with Crippen LogP contribution in [0, 0.1) is 0 Å². The lowest BCUT2D eigenvalue weighted by molar-refractivity contribution is -0.512. The number of hydrogen-bond acceptors (Lipinski definition) is 2. The number of hydrogen-bond donors (Lipinski definition) is 0. The van der Waals surface area contributed by atoms with Gasteiger partial charge < -0.3 is 0 Å². The Bertz CT molecular complexity index is 222. The zero-order valence-electron chi connectivity index (χ0n) is 6.95. The van der Waals surface area contributed by atoms with Gasteiger partial charge in [0.1, 0.15) is 6.61 Å². The van der Waals surface area contributed by atoms with Crippen molar-refractivity contribution in [3.63, 3.8) is 0 Å². The first-order valence-electron chi connectivity index (χ1n) is 3.30. The molecule has 0 saturated carbocycles. The summed E-state index contributed by atoms with van der Waals surface area (Å²) in [4.78, 5) is 6.07. The van der Waals surface area contributed by atoms with Crippen LogP contribution >= 0.6 is 0 Å². The molecule has 0 bridgehead atoms. The Morgan fingerprint density at radius 2 is 1.47 bits per heavy atom. The van der Waals surface area contributed by atoms with Crippen molar-refractivity contribution in [1.82, 2.24) is 0 Å². The molecule has 90 valence electrons. The minimum atomic E-state index is -6.44. The predicted octanol–water partition coefficient (Wildman–Crippen LogP) is 2.91. The van der Waals surface area contributed by atoms with E-state index < -0.39 is 24.8 Å². The largest absolute Gasteiger partial charge is 0.462 e. The van der Waals surface area contributed by atoms with E-state index in [1.807, 2.05) is 0 Å². The Morgan fingerprint density at radius 1 is 1.00 bits per heavy atom. The Kier molecular flexibility index (Phi) is 4.11. The van der Waals surface area contributed by atoms with E-state index in [9.17, 15) is 30.7 Å². The van der Waals surface area contributed by atoms with Gasteiger partial charge in [0.05, 0.1) is 0 Å². The second-order valence-corrected chi connectivity index (χ2v) is 2.25. The molecule has 0 aliphatic heterocycles. The van der Waals surface area contributed by atoms with Gasteiger partial charge in [-0.25, -0.2) is 4.89 Å². The van der Waals surface area contributed by atoms with Crippen molar-refractivity contribution >= 4 is 0 Å². The summed E-state index contributed by atoms with van der Waals surface area (Å²) in [6.07, 6.45) is -11.4. The monoisotopic (exact) mass is 242 g/mol. The summed E-state index contributed by atoms with van der Waals surface area (Å²) in [7, 11) is 0. The highest BCUT2D eigenvalue weighted by atomic mass is 19.4. The third-order valence-electron chi connectivity index (χ3n) is 1.07. The molecule has 0 fully saturated rings. The molecule has 2 nitrogen and oxygen atoms in total. The van der Waals surface area contributed by atoms with Crippen LogP contribution in [0.1, 0.15) is 0 Å². The quantitative estimate of drug-likeness (QED) is 0.242. The second-order valence-electron chi connectivity index (χ2n) is 2.25. The molecule has 0 radical (unpaired) electrons. The Labute approximate surface area is 79.2 Å². The van der Waals surface area contributed by atoms with Crippen molar-refractivity contribution in [2.45, 2.75) is 18.2 Å². The first-order chi connectivity index (χ1) is 6.56. The van der Waals surface area contributed by atoms with Gasteiger partial charge in [-0.2, -0.15) is 35.6 Å². The topological polar surface area (TPSA) is 18.5 Å². The van der Waals surface area contributed by atoms with E-state index in [-0.39, 0.29) is 0 Å². The second kappa shape index (κ2) is 4.35. The molecule has 0 heterocycles. The van der Waals surface area contributed by atoms with Crippen LogP contribution in [0.2, 0.25) is 0 Å². The summed E-state index contributed by atoms with van der Waals surface area (Å²) < 4.78 is 82.8. The van der Waals surface area contributed by atoms with Crippen molar-refractivity contribution in [2.75, 3.05) is 6.61 Å². The molecule has 0 spiro atoms. The molecule has 0 amide bonds. The fraction of sp³-hybridized carbons (Fsp3) is 0.667. The van der Waals surface area contributed by atoms with Gasteiger partial charge in [-0.05, 0) is 0 Å². The third kappa shape index (κ3) is 3.06. The lowest BCUT2D eigenvalue weighted by Gasteiger charge is -2.26. The molecule has 0 saturated heterocycles. The van der Waals surface area contributed by atoms with E-state index in [0.29, 0.717) is 0 Å². The first-order valence-corrected chi connectivity index (χ1v) is 3.30. The van der Waals surface area contributed by atoms with Gasteiger partial charge in [-0.3, -0.25) is 0 Å². The number of rotatable bonds is 5. The minimum absolute atomic E-state index is 0.760. The van der Waals surface area contributed by atoms with E-state index in [4.69, 9.17) is 0 Å². The molecule has 0 aliphatic rings. The van der Waals surface area contributed by atoms with E-state index in [0.717, 1.165) is 6.08 Å². The predicted molar refractivity (Wildman–Crippen MR) is 33.2 cm³/mol. The van der Waals surface area contributed by atoms with Crippen molar-refractivity contribution < 1.29 is 40.5 Å². The molecule has 15 heavy (non-hydrogen) atoms. The zero-order valence-corrected chi connectivity index (χ0v) is 6.95. The van der Waals surface area contributed by atoms with Gasteiger partial charge in [0.25, 0.3) is 0 Å². The van der Waals surface area contributed by atoms with E-state index in [2.05, 4.69) is 16.4 Å². The summed E-state index contributed by atoms with van der Waals surface area (Å²) in [6.45, 7) is 2.17. The third-order valence-corrected chi connectivity index (χ3v) is 1.07. The first kappa shape index (κ1) is 14.2. The van der Waals surface area contributed by atoms with Crippen molar-refractivity contribution in [2.24, 2.45) is 0 Å². The van der Waals surface area contributed by atoms with Crippen molar-refractivity contribution in [1.29, 1.82) is 0 Å². The summed E-state index contributed by atoms with van der Waals surface area (Å²) in [5, 5.41) is 0. The highest BCUT2D eigenvalue weighted by Gasteiger charge is 2.75. The summed E-state index contributed by atoms with van der Waals surface area (Å²) in [6, 6.07) is 0. The van der Waals surface area contributed by atoms with E-state index in [1.54, 1.807) is 0 Å². The van der Waals surface area contributed by atoms with Gasteiger partial charge in [-0.1, -0.05) is 6.08 Å². The van der Waals surface area contributed by atoms with Crippen LogP contribution in [0.4, 0.5) is 30.7 Å². The Hall–Kier alpha value is -0.830. The highest BCUT2D eigenvalue weighted by Crippen LogP contribution is 2.46. The Morgan fingerprint density at radius 3 is 1.80 bits per heavy atom. The van der Waals surface area contributed by atoms with Gasteiger partial charge in [0.2, 0.25) is 0 Å². The molecule has 0 rings (SSSR count). The van der Waals surface area contributed by atoms with Gasteiger partial charge in [0.15, 0.2) is 0 Å². The maximum atomic E-state index is 12.2. The minimum Gasteiger partial charge on any atom is -0.227 e. The molecule has 0 atom stereocenters. The van der Waals surface area contributed by atoms with Crippen LogP contribution in [-0.2, 0) is 9.78 Å². The molecule has 0 aromatic rings. The number of alkyl halides is 7. The van der Waals surface area contributed by atoms with Crippen LogP contribution in [0.3, 0.4) is 0 Å². The van der Waals surface area contributed by atoms with Crippen LogP contribution in [-0.4, -0.2) is 24.8 Å². The summed E-state index contributed by atoms with van der Waals surface area (Å²) in [5.74, 6) is -6.33. The van der Waals surface area contributed by atoms with E-state index in [1.165, 1.54) is 0 Å². The zero-order chi connectivity index (χ0) is 12.3. The molecule has 0 unspecified atom stereocenters. The van der Waals surface area contributed by atoms with E-state index >= 15 is 0 Å². The molecule has 9 heteroatoms. The maximum Gasteiger partial charge on any atom is 0.462 e. The fourth-order valence-electron chi connectivity index (χ4n) is 0.373. The lowest BCUT2D eigenvalue weighted by Crippen LogP contribution is -2.53. The molecule has 0 aromatic carbocycles. The summed E-state index contributed by atoms with van der Waals surface area (Å²) >= 11 is 0. The molecule has 0 N–H and O–H groups in total. The molecule has 0 aromatic heterocycles. The molecular weight excluding hydrogens is 237 g/mol. The van der Waals surface area contributed by atoms with Crippen molar-refractivity contribution in [3.8, 4) is 0 Å². The molecule has 0 aliphatic carbocycles. The SMILES string of the molecule is C=CCOOC(F)(F)C(F)(F)C(F)(F)F. The normalized spacial score (nSPS) is 14.1. The average Bonchev–Trinajstić information content (AvgIpc) is 2.02. The van der Waals surface area contributed by atoms with Crippen LogP contribution in [0.25, 0.3) is 0 Å². The van der Waals surface area contributed by atoms with Crippen LogP contribution in [0.5, 0.6) is 0 Å². The van der Waals surface area contributed by atoms with Gasteiger partial charge in [-0.15, -0.1) is 6.58 Å². The maximum absolute atomic E-state index is 12.2. The highest BCUT2D eigenvalue weighted by molar-refractivity contribution is 4.84. The van der Waals surface area contributed by atoms with Crippen molar-refractivity contribution in [3.05, 3.63) is 12.7 Å². The lowest BCUT2D eigenvalue weighted by atomic mass is 10.3. The Balaban J connectivity index is 4.62. The van der Waals surface area contributed by atoms with Gasteiger partial charge in [0, 0.05) is 0 Å². The summed E-state index contributed by atoms with van der Waals surface area (Å²) in [5.41, 5.74) is 0. The standard InChI is InChI=1S/C6H5F7O2/c1-2-3-14-15-6(12,13)4(7,8)5(9,10)11/h2H,1,3H2. The van der Waals surface area contributed by atoms with Crippen LogP contribution in [0.15, 0.2) is 12.7 Å². The van der Waals surface area contributed by atoms with Gasteiger partial charge >= 0.3 is 18.2 Å².